The van der Waals surface area contributed by atoms with E-state index in [2.05, 4.69) is 10.3 Å². The van der Waals surface area contributed by atoms with Crippen LogP contribution in [0.15, 0.2) is 52.9 Å². The van der Waals surface area contributed by atoms with Gasteiger partial charge in [0, 0.05) is 37.8 Å². The summed E-state index contributed by atoms with van der Waals surface area (Å²) in [5.74, 6) is -0.132. The van der Waals surface area contributed by atoms with Gasteiger partial charge in [-0.1, -0.05) is 17.7 Å². The van der Waals surface area contributed by atoms with Crippen molar-refractivity contribution in [1.29, 1.82) is 0 Å². The van der Waals surface area contributed by atoms with E-state index in [0.717, 1.165) is 22.2 Å². The molecule has 1 amide bonds. The molecule has 0 aliphatic carbocycles. The molecule has 158 valence electrons. The molecular formula is C20H21ClN4O3S2. The lowest BCUT2D eigenvalue weighted by Crippen LogP contribution is -2.53. The first-order chi connectivity index (χ1) is 14.4. The highest BCUT2D eigenvalue weighted by Gasteiger charge is 2.32. The maximum Gasteiger partial charge on any atom is 0.252 e. The van der Waals surface area contributed by atoms with E-state index in [4.69, 9.17) is 11.6 Å². The average molecular weight is 465 g/mol. The van der Waals surface area contributed by atoms with E-state index in [9.17, 15) is 13.2 Å². The zero-order valence-corrected chi connectivity index (χ0v) is 18.7. The number of carbonyl (C=O) groups is 1. The molecule has 1 fully saturated rings. The van der Waals surface area contributed by atoms with Gasteiger partial charge in [-0.05, 0) is 43.3 Å². The third-order valence-electron chi connectivity index (χ3n) is 5.25. The summed E-state index contributed by atoms with van der Waals surface area (Å²) in [5.41, 5.74) is 1.53. The fourth-order valence-corrected chi connectivity index (χ4v) is 6.57. The van der Waals surface area contributed by atoms with Crippen molar-refractivity contribution < 1.29 is 13.2 Å². The number of fused-ring (bicyclic) bond motifs is 1. The summed E-state index contributed by atoms with van der Waals surface area (Å²) in [6.45, 7) is 3.44. The van der Waals surface area contributed by atoms with E-state index < -0.39 is 16.1 Å². The molecule has 0 saturated carbocycles. The molecule has 0 bridgehead atoms. The number of aromatic nitrogens is 1. The van der Waals surface area contributed by atoms with Gasteiger partial charge in [0.2, 0.25) is 5.91 Å². The van der Waals surface area contributed by atoms with Crippen molar-refractivity contribution in [3.05, 3.63) is 53.0 Å². The smallest absolute Gasteiger partial charge is 0.252 e. The fraction of sp³-hybridized carbons (Fsp3) is 0.300. The number of nitrogens with one attached hydrogen (secondary N) is 1. The second-order valence-corrected chi connectivity index (χ2v) is 10.9. The quantitative estimate of drug-likeness (QED) is 0.626. The van der Waals surface area contributed by atoms with Crippen molar-refractivity contribution >= 4 is 55.5 Å². The second kappa shape index (κ2) is 8.60. The predicted octanol–water partition coefficient (Wildman–Crippen LogP) is 3.28. The molecule has 4 rings (SSSR count). The molecule has 1 saturated heterocycles. The summed E-state index contributed by atoms with van der Waals surface area (Å²) in [4.78, 5) is 19.1. The number of halogens is 1. The first kappa shape index (κ1) is 21.2. The van der Waals surface area contributed by atoms with Crippen molar-refractivity contribution in [3.8, 4) is 0 Å². The number of nitrogens with zero attached hydrogens (tertiary/aromatic N) is 3. The van der Waals surface area contributed by atoms with Gasteiger partial charge in [0.15, 0.2) is 0 Å². The molecule has 7 nitrogen and oxygen atoms in total. The number of sulfonamides is 1. The van der Waals surface area contributed by atoms with Gasteiger partial charge >= 0.3 is 0 Å². The topological polar surface area (TPSA) is 82.6 Å². The second-order valence-electron chi connectivity index (χ2n) is 7.04. The van der Waals surface area contributed by atoms with E-state index in [0.29, 0.717) is 36.2 Å². The normalized spacial score (nSPS) is 17.1. The minimum absolute atomic E-state index is 0.132. The minimum Gasteiger partial charge on any atom is -0.324 e. The number of thiophene rings is 1. The molecule has 0 spiro atoms. The molecule has 30 heavy (non-hydrogen) atoms. The number of rotatable bonds is 5. The zero-order chi connectivity index (χ0) is 21.3. The lowest BCUT2D eigenvalue weighted by Gasteiger charge is -2.36. The summed E-state index contributed by atoms with van der Waals surface area (Å²) in [6.07, 6.45) is 1.72. The minimum atomic E-state index is -3.55. The Balaban J connectivity index is 1.40. The van der Waals surface area contributed by atoms with Gasteiger partial charge in [-0.25, -0.2) is 8.42 Å². The van der Waals surface area contributed by atoms with Gasteiger partial charge in [-0.3, -0.25) is 14.7 Å². The van der Waals surface area contributed by atoms with Crippen molar-refractivity contribution in [2.75, 3.05) is 31.5 Å². The Bertz CT molecular complexity index is 1170. The molecule has 0 unspecified atom stereocenters. The van der Waals surface area contributed by atoms with Crippen molar-refractivity contribution in [2.45, 2.75) is 17.2 Å². The Morgan fingerprint density at radius 3 is 2.60 bits per heavy atom. The largest absolute Gasteiger partial charge is 0.324 e. The van der Waals surface area contributed by atoms with Crippen molar-refractivity contribution in [3.63, 3.8) is 0 Å². The number of benzene rings is 1. The summed E-state index contributed by atoms with van der Waals surface area (Å²) in [6, 6.07) is 12.1. The Labute approximate surface area is 184 Å². The molecule has 3 aromatic rings. The number of carbonyl (C=O) groups excluding carboxylic acids is 1. The van der Waals surface area contributed by atoms with E-state index >= 15 is 0 Å². The average Bonchev–Trinajstić information content (AvgIpc) is 3.21. The molecule has 1 aliphatic heterocycles. The molecule has 0 radical (unpaired) electrons. The fourth-order valence-electron chi connectivity index (χ4n) is 3.51. The zero-order valence-electron chi connectivity index (χ0n) is 16.3. The van der Waals surface area contributed by atoms with Crippen LogP contribution in [0.1, 0.15) is 6.92 Å². The molecule has 1 aromatic carbocycles. The van der Waals surface area contributed by atoms with Crippen LogP contribution in [-0.4, -0.2) is 60.7 Å². The van der Waals surface area contributed by atoms with Gasteiger partial charge < -0.3 is 5.32 Å². The monoisotopic (exact) mass is 464 g/mol. The van der Waals surface area contributed by atoms with Gasteiger partial charge in [0.25, 0.3) is 10.0 Å². The maximum atomic E-state index is 12.8. The van der Waals surface area contributed by atoms with Crippen molar-refractivity contribution in [2.24, 2.45) is 0 Å². The summed E-state index contributed by atoms with van der Waals surface area (Å²) >= 11 is 6.94. The summed E-state index contributed by atoms with van der Waals surface area (Å²) in [7, 11) is -3.55. The van der Waals surface area contributed by atoms with Gasteiger partial charge in [0.1, 0.15) is 4.21 Å². The highest BCUT2D eigenvalue weighted by molar-refractivity contribution is 7.91. The van der Waals surface area contributed by atoms with Crippen LogP contribution >= 0.6 is 22.9 Å². The molecule has 1 aliphatic rings. The molecule has 1 N–H and O–H groups in total. The van der Waals surface area contributed by atoms with Crippen LogP contribution < -0.4 is 5.32 Å². The summed E-state index contributed by atoms with van der Waals surface area (Å²) < 4.78 is 27.6. The lowest BCUT2D eigenvalue weighted by atomic mass is 10.1. The van der Waals surface area contributed by atoms with Gasteiger partial charge in [-0.2, -0.15) is 4.31 Å². The summed E-state index contributed by atoms with van der Waals surface area (Å²) in [5, 5.41) is 3.87. The SMILES string of the molecule is C[C@@H](C(=O)Nc1cccc2ncccc12)N1CCN(S(=O)(=O)c2ccc(Cl)s2)CC1. The van der Waals surface area contributed by atoms with Gasteiger partial charge in [0.05, 0.1) is 21.6 Å². The third kappa shape index (κ3) is 4.21. The van der Waals surface area contributed by atoms with Crippen LogP contribution in [0, 0.1) is 0 Å². The molecule has 2 aromatic heterocycles. The number of pyridine rings is 1. The van der Waals surface area contributed by atoms with E-state index in [-0.39, 0.29) is 10.1 Å². The number of anilines is 1. The van der Waals surface area contributed by atoms with Crippen LogP contribution in [-0.2, 0) is 14.8 Å². The molecular weight excluding hydrogens is 444 g/mol. The number of hydrogen-bond acceptors (Lipinski definition) is 6. The standard InChI is InChI=1S/C20H21ClN4O3S2/c1-14(20(26)23-17-6-2-5-16-15(17)4-3-9-22-16)24-10-12-25(13-11-24)30(27,28)19-8-7-18(21)29-19/h2-9,14H,10-13H2,1H3,(H,23,26)/t14-/m0/s1. The van der Waals surface area contributed by atoms with Crippen LogP contribution in [0.25, 0.3) is 10.9 Å². The van der Waals surface area contributed by atoms with E-state index in [1.54, 1.807) is 12.3 Å². The van der Waals surface area contributed by atoms with E-state index in [1.807, 2.05) is 42.2 Å². The van der Waals surface area contributed by atoms with Crippen LogP contribution in [0.4, 0.5) is 5.69 Å². The Hall–Kier alpha value is -2.04. The Morgan fingerprint density at radius 2 is 1.90 bits per heavy atom. The van der Waals surface area contributed by atoms with Gasteiger partial charge in [-0.15, -0.1) is 11.3 Å². The Kier molecular flexibility index (Phi) is 6.08. The van der Waals surface area contributed by atoms with Crippen LogP contribution in [0.3, 0.4) is 0 Å². The maximum absolute atomic E-state index is 12.8. The van der Waals surface area contributed by atoms with E-state index in [1.165, 1.54) is 10.4 Å². The third-order valence-corrected chi connectivity index (χ3v) is 8.84. The molecule has 10 heteroatoms. The van der Waals surface area contributed by atoms with Crippen LogP contribution in [0.5, 0.6) is 0 Å². The van der Waals surface area contributed by atoms with Crippen LogP contribution in [0.2, 0.25) is 4.34 Å². The van der Waals surface area contributed by atoms with Crippen molar-refractivity contribution in [1.82, 2.24) is 14.2 Å². The Morgan fingerprint density at radius 1 is 1.13 bits per heavy atom. The first-order valence-electron chi connectivity index (χ1n) is 9.50. The number of piperazine rings is 1. The first-order valence-corrected chi connectivity index (χ1v) is 12.1. The highest BCUT2D eigenvalue weighted by Crippen LogP contribution is 2.29. The molecule has 1 atom stereocenters. The highest BCUT2D eigenvalue weighted by atomic mass is 35.5. The number of amides is 1. The number of hydrogen-bond donors (Lipinski definition) is 1. The molecule has 3 heterocycles. The predicted molar refractivity (Wildman–Crippen MR) is 119 cm³/mol. The lowest BCUT2D eigenvalue weighted by molar-refractivity contribution is -0.121.